The van der Waals surface area contributed by atoms with E-state index in [0.717, 1.165) is 11.3 Å². The summed E-state index contributed by atoms with van der Waals surface area (Å²) in [6, 6.07) is 14.2. The summed E-state index contributed by atoms with van der Waals surface area (Å²) < 4.78 is 25.4. The first-order valence-corrected chi connectivity index (χ1v) is 11.9. The van der Waals surface area contributed by atoms with Crippen LogP contribution in [0.4, 0.5) is 9.52 Å². The first kappa shape index (κ1) is 23.8. The van der Waals surface area contributed by atoms with E-state index in [1.807, 2.05) is 0 Å². The van der Waals surface area contributed by atoms with Gasteiger partial charge in [0.05, 0.1) is 30.0 Å². The fourth-order valence-electron chi connectivity index (χ4n) is 4.20. The fraction of sp³-hybridized carbons (Fsp3) is 0.115. The van der Waals surface area contributed by atoms with Crippen molar-refractivity contribution in [3.8, 4) is 11.5 Å². The van der Waals surface area contributed by atoms with Crippen LogP contribution in [0.3, 0.4) is 0 Å². The first-order valence-electron chi connectivity index (χ1n) is 10.7. The van der Waals surface area contributed by atoms with Gasteiger partial charge in [0.2, 0.25) is 0 Å². The number of thiazole rings is 1. The second kappa shape index (κ2) is 9.25. The molecule has 5 rings (SSSR count). The summed E-state index contributed by atoms with van der Waals surface area (Å²) in [7, 11) is 2.90. The van der Waals surface area contributed by atoms with E-state index in [1.54, 1.807) is 42.5 Å². The Morgan fingerprint density at radius 2 is 1.83 bits per heavy atom. The first-order chi connectivity index (χ1) is 17.3. The molecule has 4 aromatic rings. The van der Waals surface area contributed by atoms with Crippen LogP contribution in [-0.4, -0.2) is 36.0 Å². The van der Waals surface area contributed by atoms with Crippen LogP contribution in [0.5, 0.6) is 11.5 Å². The molecule has 0 radical (unpaired) electrons. The number of Topliss-reactive ketones (excluding diaryl/α,β-unsaturated/α-hetero) is 1. The molecule has 0 aliphatic carbocycles. The average Bonchev–Trinajstić information content (AvgIpc) is 3.40. The van der Waals surface area contributed by atoms with Crippen LogP contribution in [0.25, 0.3) is 16.0 Å². The molecule has 1 aromatic heterocycles. The summed E-state index contributed by atoms with van der Waals surface area (Å²) >= 11 is 7.04. The number of rotatable bonds is 5. The topological polar surface area (TPSA) is 89.0 Å². The van der Waals surface area contributed by atoms with E-state index in [0.29, 0.717) is 32.1 Å². The van der Waals surface area contributed by atoms with E-state index >= 15 is 0 Å². The highest BCUT2D eigenvalue weighted by molar-refractivity contribution is 7.22. The standard InChI is InChI=1S/C26H18ClFN2O5S/c1-34-18-5-3-4-16(24(18)35-2)21-20(22(31)13-6-8-14(27)9-7-13)23(32)25(33)30(21)26-29-17-11-10-15(28)12-19(17)36-26/h3-12,21,31H,1-2H3/b22-20+. The van der Waals surface area contributed by atoms with Crippen LogP contribution in [0, 0.1) is 5.82 Å². The number of methoxy groups -OCH3 is 2. The van der Waals surface area contributed by atoms with Crippen molar-refractivity contribution in [3.63, 3.8) is 0 Å². The normalized spacial score (nSPS) is 17.1. The second-order valence-corrected chi connectivity index (χ2v) is 9.31. The molecule has 10 heteroatoms. The van der Waals surface area contributed by atoms with Crippen LogP contribution in [0.15, 0.2) is 66.2 Å². The molecule has 1 aliphatic rings. The van der Waals surface area contributed by atoms with Gasteiger partial charge in [-0.15, -0.1) is 0 Å². The molecule has 1 amide bonds. The third kappa shape index (κ3) is 3.86. The molecule has 3 aromatic carbocycles. The molecule has 0 saturated carbocycles. The summed E-state index contributed by atoms with van der Waals surface area (Å²) in [4.78, 5) is 32.5. The van der Waals surface area contributed by atoms with Crippen molar-refractivity contribution < 1.29 is 28.6 Å². The van der Waals surface area contributed by atoms with Gasteiger partial charge >= 0.3 is 5.91 Å². The van der Waals surface area contributed by atoms with Crippen LogP contribution >= 0.6 is 22.9 Å². The van der Waals surface area contributed by atoms with E-state index in [1.165, 1.54) is 37.3 Å². The Labute approximate surface area is 214 Å². The SMILES string of the molecule is COc1cccc(C2/C(=C(\O)c3ccc(Cl)cc3)C(=O)C(=O)N2c2nc3ccc(F)cc3s2)c1OC. The third-order valence-corrected chi connectivity index (χ3v) is 7.10. The average molecular weight is 525 g/mol. The maximum atomic E-state index is 13.8. The van der Waals surface area contributed by atoms with Crippen molar-refractivity contribution in [1.29, 1.82) is 0 Å². The molecule has 2 heterocycles. The number of halogens is 2. The maximum absolute atomic E-state index is 13.8. The van der Waals surface area contributed by atoms with Gasteiger partial charge in [0, 0.05) is 16.1 Å². The van der Waals surface area contributed by atoms with Gasteiger partial charge in [-0.1, -0.05) is 35.1 Å². The van der Waals surface area contributed by atoms with Crippen LogP contribution in [-0.2, 0) is 9.59 Å². The Morgan fingerprint density at radius 3 is 2.53 bits per heavy atom. The van der Waals surface area contributed by atoms with Crippen LogP contribution < -0.4 is 14.4 Å². The molecule has 0 bridgehead atoms. The number of carbonyl (C=O) groups is 2. The predicted molar refractivity (Wildman–Crippen MR) is 135 cm³/mol. The molecule has 0 spiro atoms. The summed E-state index contributed by atoms with van der Waals surface area (Å²) in [6.07, 6.45) is 0. The van der Waals surface area contributed by atoms with Gasteiger partial charge in [0.25, 0.3) is 5.78 Å². The molecule has 1 atom stereocenters. The van der Waals surface area contributed by atoms with E-state index in [-0.39, 0.29) is 22.2 Å². The summed E-state index contributed by atoms with van der Waals surface area (Å²) in [5, 5.41) is 11.9. The minimum Gasteiger partial charge on any atom is -0.507 e. The number of aromatic nitrogens is 1. The molecular formula is C26H18ClFN2O5S. The number of ether oxygens (including phenoxy) is 2. The number of ketones is 1. The van der Waals surface area contributed by atoms with E-state index in [9.17, 15) is 19.1 Å². The maximum Gasteiger partial charge on any atom is 0.301 e. The second-order valence-electron chi connectivity index (χ2n) is 7.87. The monoisotopic (exact) mass is 524 g/mol. The molecule has 1 saturated heterocycles. The number of aliphatic hydroxyl groups excluding tert-OH is 1. The van der Waals surface area contributed by atoms with Crippen molar-refractivity contribution in [1.82, 2.24) is 4.98 Å². The Hall–Kier alpha value is -3.95. The number of nitrogens with zero attached hydrogens (tertiary/aromatic N) is 2. The van der Waals surface area contributed by atoms with Crippen LogP contribution in [0.1, 0.15) is 17.2 Å². The highest BCUT2D eigenvalue weighted by Gasteiger charge is 2.49. The van der Waals surface area contributed by atoms with E-state index < -0.39 is 23.5 Å². The molecule has 36 heavy (non-hydrogen) atoms. The largest absolute Gasteiger partial charge is 0.507 e. The number of benzene rings is 3. The summed E-state index contributed by atoms with van der Waals surface area (Å²) in [5.41, 5.74) is 1.01. The lowest BCUT2D eigenvalue weighted by molar-refractivity contribution is -0.132. The van der Waals surface area contributed by atoms with E-state index in [4.69, 9.17) is 21.1 Å². The lowest BCUT2D eigenvalue weighted by atomic mass is 9.94. The number of carbonyl (C=O) groups excluding carboxylic acids is 2. The number of hydrogen-bond acceptors (Lipinski definition) is 7. The quantitative estimate of drug-likeness (QED) is 0.204. The van der Waals surface area contributed by atoms with Gasteiger partial charge in [-0.2, -0.15) is 0 Å². The third-order valence-electron chi connectivity index (χ3n) is 5.84. The molecule has 7 nitrogen and oxygen atoms in total. The predicted octanol–water partition coefficient (Wildman–Crippen LogP) is 5.73. The number of anilines is 1. The molecule has 1 unspecified atom stereocenters. The zero-order valence-electron chi connectivity index (χ0n) is 19.0. The number of fused-ring (bicyclic) bond motifs is 1. The van der Waals surface area contributed by atoms with Crippen molar-refractivity contribution in [2.24, 2.45) is 0 Å². The zero-order valence-corrected chi connectivity index (χ0v) is 20.6. The Kier molecular flexibility index (Phi) is 6.11. The Balaban J connectivity index is 1.79. The van der Waals surface area contributed by atoms with E-state index in [2.05, 4.69) is 4.98 Å². The Morgan fingerprint density at radius 1 is 1.08 bits per heavy atom. The Bertz CT molecular complexity index is 1550. The molecule has 1 N–H and O–H groups in total. The smallest absolute Gasteiger partial charge is 0.301 e. The lowest BCUT2D eigenvalue weighted by Crippen LogP contribution is -2.29. The van der Waals surface area contributed by atoms with Crippen molar-refractivity contribution in [2.45, 2.75) is 6.04 Å². The van der Waals surface area contributed by atoms with Gasteiger partial charge in [0.1, 0.15) is 17.6 Å². The van der Waals surface area contributed by atoms with Gasteiger partial charge in [0.15, 0.2) is 16.6 Å². The summed E-state index contributed by atoms with van der Waals surface area (Å²) in [5.74, 6) is -1.96. The van der Waals surface area contributed by atoms with Crippen molar-refractivity contribution in [2.75, 3.05) is 19.1 Å². The molecule has 1 fully saturated rings. The van der Waals surface area contributed by atoms with Crippen LogP contribution in [0.2, 0.25) is 5.02 Å². The molecular weight excluding hydrogens is 507 g/mol. The minimum absolute atomic E-state index is 0.153. The zero-order chi connectivity index (χ0) is 25.6. The number of aliphatic hydroxyl groups is 1. The molecule has 182 valence electrons. The van der Waals surface area contributed by atoms with Crippen molar-refractivity contribution in [3.05, 3.63) is 88.2 Å². The number of hydrogen-bond donors (Lipinski definition) is 1. The number of amides is 1. The molecule has 1 aliphatic heterocycles. The lowest BCUT2D eigenvalue weighted by Gasteiger charge is -2.25. The summed E-state index contributed by atoms with van der Waals surface area (Å²) in [6.45, 7) is 0. The highest BCUT2D eigenvalue weighted by atomic mass is 35.5. The van der Waals surface area contributed by atoms with Gasteiger partial charge in [-0.3, -0.25) is 14.5 Å². The van der Waals surface area contributed by atoms with Crippen molar-refractivity contribution >= 4 is 55.7 Å². The number of para-hydroxylation sites is 1. The minimum atomic E-state index is -1.10. The van der Waals surface area contributed by atoms with Gasteiger partial charge in [-0.05, 0) is 48.5 Å². The van der Waals surface area contributed by atoms with Gasteiger partial charge < -0.3 is 14.6 Å². The van der Waals surface area contributed by atoms with Gasteiger partial charge in [-0.25, -0.2) is 9.37 Å². The fourth-order valence-corrected chi connectivity index (χ4v) is 5.35. The highest BCUT2D eigenvalue weighted by Crippen LogP contribution is 2.48.